The van der Waals surface area contributed by atoms with Crippen molar-refractivity contribution in [2.75, 3.05) is 13.6 Å². The van der Waals surface area contributed by atoms with Crippen molar-refractivity contribution in [1.82, 2.24) is 4.90 Å². The van der Waals surface area contributed by atoms with Crippen molar-refractivity contribution in [3.05, 3.63) is 47.5 Å². The largest absolute Gasteiger partial charge is 0.291 e. The Morgan fingerprint density at radius 2 is 1.84 bits per heavy atom. The average molecular weight is 252 g/mol. The number of fused-ring (bicyclic) bond motifs is 1. The van der Waals surface area contributed by atoms with Crippen LogP contribution in [-0.2, 0) is 6.42 Å². The fourth-order valence-corrected chi connectivity index (χ4v) is 2.17. The molecule has 0 saturated heterocycles. The predicted octanol–water partition coefficient (Wildman–Crippen LogP) is 3.53. The van der Waals surface area contributed by atoms with Crippen molar-refractivity contribution in [1.29, 1.82) is 5.26 Å². The van der Waals surface area contributed by atoms with Gasteiger partial charge in [0.05, 0.1) is 12.1 Å². The van der Waals surface area contributed by atoms with E-state index in [1.165, 1.54) is 21.9 Å². The molecule has 1 unspecified atom stereocenters. The van der Waals surface area contributed by atoms with Crippen LogP contribution in [0, 0.1) is 18.3 Å². The summed E-state index contributed by atoms with van der Waals surface area (Å²) < 4.78 is 0. The minimum absolute atomic E-state index is 0.0249. The zero-order chi connectivity index (χ0) is 13.8. The third-order valence-corrected chi connectivity index (χ3v) is 3.66. The molecule has 0 radical (unpaired) electrons. The highest BCUT2D eigenvalue weighted by molar-refractivity contribution is 5.83. The van der Waals surface area contributed by atoms with Gasteiger partial charge in [0.1, 0.15) is 0 Å². The van der Waals surface area contributed by atoms with Gasteiger partial charge in [-0.05, 0) is 43.7 Å². The molecule has 0 spiro atoms. The number of hydrogen-bond acceptors (Lipinski definition) is 2. The zero-order valence-corrected chi connectivity index (χ0v) is 11.9. The van der Waals surface area contributed by atoms with Crippen LogP contribution in [0.15, 0.2) is 36.4 Å². The summed E-state index contributed by atoms with van der Waals surface area (Å²) >= 11 is 0. The Bertz CT molecular complexity index is 610. The van der Waals surface area contributed by atoms with Crippen molar-refractivity contribution < 1.29 is 0 Å². The lowest BCUT2D eigenvalue weighted by molar-refractivity contribution is 0.306. The van der Waals surface area contributed by atoms with Gasteiger partial charge in [-0.25, -0.2) is 0 Å². The lowest BCUT2D eigenvalue weighted by atomic mass is 10.0. The molecule has 2 heteroatoms. The summed E-state index contributed by atoms with van der Waals surface area (Å²) in [4.78, 5) is 2.08. The van der Waals surface area contributed by atoms with Gasteiger partial charge in [0.25, 0.3) is 0 Å². The smallest absolute Gasteiger partial charge is 0.0946 e. The summed E-state index contributed by atoms with van der Waals surface area (Å²) in [5.74, 6) is 0. The topological polar surface area (TPSA) is 27.0 Å². The van der Waals surface area contributed by atoms with Crippen LogP contribution in [0.25, 0.3) is 10.8 Å². The maximum Gasteiger partial charge on any atom is 0.0946 e. The van der Waals surface area contributed by atoms with Crippen molar-refractivity contribution in [3.8, 4) is 6.07 Å². The second-order valence-corrected chi connectivity index (χ2v) is 5.22. The van der Waals surface area contributed by atoms with Crippen LogP contribution in [0.2, 0.25) is 0 Å². The molecule has 0 aliphatic heterocycles. The lowest BCUT2D eigenvalue weighted by Crippen LogP contribution is -2.29. The fraction of sp³-hybridized carbons (Fsp3) is 0.353. The minimum atomic E-state index is -0.0249. The van der Waals surface area contributed by atoms with Gasteiger partial charge in [0.15, 0.2) is 0 Å². The molecule has 19 heavy (non-hydrogen) atoms. The minimum Gasteiger partial charge on any atom is -0.291 e. The second kappa shape index (κ2) is 5.86. The van der Waals surface area contributed by atoms with E-state index in [0.717, 1.165) is 13.0 Å². The van der Waals surface area contributed by atoms with E-state index in [4.69, 9.17) is 5.26 Å². The number of hydrogen-bond donors (Lipinski definition) is 0. The Labute approximate surface area is 115 Å². The standard InChI is InChI=1S/C17H20N2/c1-13-4-6-17-11-15(5-7-16(17)10-13)8-9-19(3)14(2)12-18/h4-7,10-11,14H,8-9H2,1-3H3. The molecule has 0 aliphatic rings. The average Bonchev–Trinajstić information content (AvgIpc) is 2.43. The van der Waals surface area contributed by atoms with E-state index in [9.17, 15) is 0 Å². The van der Waals surface area contributed by atoms with Gasteiger partial charge in [-0.15, -0.1) is 0 Å². The van der Waals surface area contributed by atoms with Crippen molar-refractivity contribution in [3.63, 3.8) is 0 Å². The zero-order valence-electron chi connectivity index (χ0n) is 11.9. The lowest BCUT2D eigenvalue weighted by Gasteiger charge is -2.18. The van der Waals surface area contributed by atoms with Crippen molar-refractivity contribution in [2.45, 2.75) is 26.3 Å². The van der Waals surface area contributed by atoms with Crippen molar-refractivity contribution >= 4 is 10.8 Å². The molecule has 2 rings (SSSR count). The van der Waals surface area contributed by atoms with Crippen molar-refractivity contribution in [2.24, 2.45) is 0 Å². The van der Waals surface area contributed by atoms with Gasteiger partial charge >= 0.3 is 0 Å². The first-order chi connectivity index (χ1) is 9.10. The fourth-order valence-electron chi connectivity index (χ4n) is 2.17. The monoisotopic (exact) mass is 252 g/mol. The summed E-state index contributed by atoms with van der Waals surface area (Å²) in [7, 11) is 2.00. The summed E-state index contributed by atoms with van der Waals surface area (Å²) in [5, 5.41) is 11.5. The van der Waals surface area contributed by atoms with E-state index >= 15 is 0 Å². The first-order valence-electron chi connectivity index (χ1n) is 6.69. The molecule has 0 aromatic heterocycles. The van der Waals surface area contributed by atoms with E-state index < -0.39 is 0 Å². The summed E-state index contributed by atoms with van der Waals surface area (Å²) in [6.45, 7) is 4.96. The van der Waals surface area contributed by atoms with E-state index in [1.807, 2.05) is 14.0 Å². The Balaban J connectivity index is 2.10. The molecule has 0 bridgehead atoms. The van der Waals surface area contributed by atoms with E-state index in [2.05, 4.69) is 54.3 Å². The molecule has 2 nitrogen and oxygen atoms in total. The predicted molar refractivity (Wildman–Crippen MR) is 80.1 cm³/mol. The third kappa shape index (κ3) is 3.33. The number of nitriles is 1. The van der Waals surface area contributed by atoms with Gasteiger partial charge in [-0.2, -0.15) is 5.26 Å². The Hall–Kier alpha value is -1.85. The SMILES string of the molecule is Cc1ccc2cc(CCN(C)C(C)C#N)ccc2c1. The number of nitrogens with zero attached hydrogens (tertiary/aromatic N) is 2. The first kappa shape index (κ1) is 13.6. The number of benzene rings is 2. The summed E-state index contributed by atoms with van der Waals surface area (Å²) in [6, 6.07) is 15.4. The van der Waals surface area contributed by atoms with E-state index in [-0.39, 0.29) is 6.04 Å². The molecular weight excluding hydrogens is 232 g/mol. The maximum atomic E-state index is 8.88. The van der Waals surface area contributed by atoms with Crippen LogP contribution in [0.1, 0.15) is 18.1 Å². The normalized spacial score (nSPS) is 12.6. The van der Waals surface area contributed by atoms with Crippen LogP contribution in [0.3, 0.4) is 0 Å². The highest BCUT2D eigenvalue weighted by Crippen LogP contribution is 2.18. The van der Waals surface area contributed by atoms with Gasteiger partial charge < -0.3 is 0 Å². The molecule has 0 aliphatic carbocycles. The second-order valence-electron chi connectivity index (χ2n) is 5.22. The number of likely N-dealkylation sites (N-methyl/N-ethyl adjacent to an activating group) is 1. The molecule has 0 saturated carbocycles. The number of aryl methyl sites for hydroxylation is 1. The molecule has 1 atom stereocenters. The number of rotatable bonds is 4. The van der Waals surface area contributed by atoms with Gasteiger partial charge in [-0.1, -0.05) is 42.0 Å². The van der Waals surface area contributed by atoms with Crippen LogP contribution < -0.4 is 0 Å². The molecule has 98 valence electrons. The van der Waals surface area contributed by atoms with Crippen LogP contribution in [0.5, 0.6) is 0 Å². The molecular formula is C17H20N2. The van der Waals surface area contributed by atoms with Crippen LogP contribution >= 0.6 is 0 Å². The first-order valence-corrected chi connectivity index (χ1v) is 6.69. The quantitative estimate of drug-likeness (QED) is 0.832. The maximum absolute atomic E-state index is 8.88. The van der Waals surface area contributed by atoms with Gasteiger partial charge in [0.2, 0.25) is 0 Å². The van der Waals surface area contributed by atoms with Gasteiger partial charge in [-0.3, -0.25) is 4.90 Å². The molecule has 0 N–H and O–H groups in total. The van der Waals surface area contributed by atoms with E-state index in [1.54, 1.807) is 0 Å². The summed E-state index contributed by atoms with van der Waals surface area (Å²) in [6.07, 6.45) is 0.979. The van der Waals surface area contributed by atoms with E-state index in [0.29, 0.717) is 0 Å². The summed E-state index contributed by atoms with van der Waals surface area (Å²) in [5.41, 5.74) is 2.62. The Morgan fingerprint density at radius 3 is 2.58 bits per heavy atom. The van der Waals surface area contributed by atoms with Gasteiger partial charge in [0, 0.05) is 6.54 Å². The molecule has 0 fully saturated rings. The van der Waals surface area contributed by atoms with Crippen LogP contribution in [-0.4, -0.2) is 24.5 Å². The highest BCUT2D eigenvalue weighted by atomic mass is 15.1. The Kier molecular flexibility index (Phi) is 4.19. The molecule has 0 heterocycles. The van der Waals surface area contributed by atoms with Crippen LogP contribution in [0.4, 0.5) is 0 Å². The molecule has 0 amide bonds. The molecule has 2 aromatic carbocycles. The third-order valence-electron chi connectivity index (χ3n) is 3.66. The highest BCUT2D eigenvalue weighted by Gasteiger charge is 2.07. The molecule has 2 aromatic rings. The Morgan fingerprint density at radius 1 is 1.16 bits per heavy atom.